The lowest BCUT2D eigenvalue weighted by atomic mass is 10.2. The smallest absolute Gasteiger partial charge is 0.240 e. The summed E-state index contributed by atoms with van der Waals surface area (Å²) in [4.78, 5) is -0.0893. The summed E-state index contributed by atoms with van der Waals surface area (Å²) in [5, 5.41) is 11.8. The number of nitrogens with two attached hydrogens (primary N) is 2. The molecule has 5 N–H and O–H groups in total. The molecule has 1 aromatic heterocycles. The molecule has 0 unspecified atom stereocenters. The van der Waals surface area contributed by atoms with Crippen molar-refractivity contribution in [1.82, 2.24) is 5.16 Å². The Bertz CT molecular complexity index is 694. The van der Waals surface area contributed by atoms with Gasteiger partial charge in [-0.25, -0.2) is 13.6 Å². The second kappa shape index (κ2) is 4.90. The van der Waals surface area contributed by atoms with Crippen LogP contribution in [0.4, 0.5) is 11.4 Å². The molecule has 102 valence electrons. The van der Waals surface area contributed by atoms with Crippen LogP contribution in [-0.4, -0.2) is 13.6 Å². The van der Waals surface area contributed by atoms with E-state index in [1.54, 1.807) is 12.1 Å². The Kier molecular flexibility index (Phi) is 3.45. The SMILES string of the molecule is Cc1cc(CNc2ccc(S(N)(=O)=O)c(N)c2)on1. The number of sulfonamides is 1. The van der Waals surface area contributed by atoms with Crippen molar-refractivity contribution in [3.8, 4) is 0 Å². The first-order valence-corrected chi connectivity index (χ1v) is 6.99. The summed E-state index contributed by atoms with van der Waals surface area (Å²) >= 11 is 0. The van der Waals surface area contributed by atoms with Gasteiger partial charge in [-0.05, 0) is 25.1 Å². The van der Waals surface area contributed by atoms with E-state index in [1.165, 1.54) is 12.1 Å². The molecule has 0 bridgehead atoms. The van der Waals surface area contributed by atoms with E-state index >= 15 is 0 Å². The van der Waals surface area contributed by atoms with E-state index in [2.05, 4.69) is 10.5 Å². The quantitative estimate of drug-likeness (QED) is 0.713. The molecule has 0 saturated heterocycles. The third-order valence-electron chi connectivity index (χ3n) is 2.46. The Morgan fingerprint density at radius 1 is 1.37 bits per heavy atom. The highest BCUT2D eigenvalue weighted by Crippen LogP contribution is 2.21. The second-order valence-corrected chi connectivity index (χ2v) is 5.62. The fourth-order valence-electron chi connectivity index (χ4n) is 1.61. The molecule has 2 rings (SSSR count). The van der Waals surface area contributed by atoms with Crippen LogP contribution in [0.15, 0.2) is 33.7 Å². The lowest BCUT2D eigenvalue weighted by molar-refractivity contribution is 0.384. The van der Waals surface area contributed by atoms with Gasteiger partial charge in [-0.1, -0.05) is 5.16 Å². The van der Waals surface area contributed by atoms with Crippen molar-refractivity contribution >= 4 is 21.4 Å². The first kappa shape index (κ1) is 13.4. The first-order chi connectivity index (χ1) is 8.86. The maximum atomic E-state index is 11.2. The van der Waals surface area contributed by atoms with Crippen LogP contribution in [0.2, 0.25) is 0 Å². The molecule has 0 saturated carbocycles. The van der Waals surface area contributed by atoms with Gasteiger partial charge in [-0.2, -0.15) is 0 Å². The Morgan fingerprint density at radius 3 is 2.63 bits per heavy atom. The van der Waals surface area contributed by atoms with Gasteiger partial charge < -0.3 is 15.6 Å². The first-order valence-electron chi connectivity index (χ1n) is 5.44. The topological polar surface area (TPSA) is 124 Å². The van der Waals surface area contributed by atoms with Gasteiger partial charge in [0.25, 0.3) is 0 Å². The van der Waals surface area contributed by atoms with Crippen molar-refractivity contribution in [3.05, 3.63) is 35.7 Å². The Labute approximate surface area is 110 Å². The number of benzene rings is 1. The van der Waals surface area contributed by atoms with Gasteiger partial charge >= 0.3 is 0 Å². The van der Waals surface area contributed by atoms with Crippen molar-refractivity contribution in [2.75, 3.05) is 11.1 Å². The molecular weight excluding hydrogens is 268 g/mol. The van der Waals surface area contributed by atoms with Gasteiger partial charge in [-0.15, -0.1) is 0 Å². The van der Waals surface area contributed by atoms with Crippen LogP contribution >= 0.6 is 0 Å². The number of primary sulfonamides is 1. The summed E-state index contributed by atoms with van der Waals surface area (Å²) in [7, 11) is -3.80. The normalized spacial score (nSPS) is 11.5. The van der Waals surface area contributed by atoms with Crippen molar-refractivity contribution in [2.45, 2.75) is 18.4 Å². The number of hydrogen-bond donors (Lipinski definition) is 3. The van der Waals surface area contributed by atoms with Crippen molar-refractivity contribution in [3.63, 3.8) is 0 Å². The third-order valence-corrected chi connectivity index (χ3v) is 3.44. The molecule has 0 aliphatic carbocycles. The van der Waals surface area contributed by atoms with Gasteiger partial charge in [0.05, 0.1) is 17.9 Å². The molecule has 0 aliphatic heterocycles. The second-order valence-electron chi connectivity index (χ2n) is 4.09. The molecule has 0 aliphatic rings. The number of rotatable bonds is 4. The van der Waals surface area contributed by atoms with Crippen molar-refractivity contribution < 1.29 is 12.9 Å². The summed E-state index contributed by atoms with van der Waals surface area (Å²) in [6.07, 6.45) is 0. The molecule has 1 aromatic carbocycles. The molecular formula is C11H14N4O3S. The number of nitrogens with zero attached hydrogens (tertiary/aromatic N) is 1. The average molecular weight is 282 g/mol. The number of nitrogens with one attached hydrogen (secondary N) is 1. The number of nitrogen functional groups attached to an aromatic ring is 1. The number of aromatic nitrogens is 1. The highest BCUT2D eigenvalue weighted by molar-refractivity contribution is 7.89. The number of hydrogen-bond acceptors (Lipinski definition) is 6. The van der Waals surface area contributed by atoms with E-state index in [0.29, 0.717) is 18.0 Å². The summed E-state index contributed by atoms with van der Waals surface area (Å²) in [6.45, 7) is 2.25. The van der Waals surface area contributed by atoms with Gasteiger partial charge in [-0.3, -0.25) is 0 Å². The van der Waals surface area contributed by atoms with Crippen molar-refractivity contribution in [2.24, 2.45) is 5.14 Å². The van der Waals surface area contributed by atoms with Crippen molar-refractivity contribution in [1.29, 1.82) is 0 Å². The maximum absolute atomic E-state index is 11.2. The molecule has 8 heteroatoms. The fourth-order valence-corrected chi connectivity index (χ4v) is 2.25. The highest BCUT2D eigenvalue weighted by atomic mass is 32.2. The van der Waals surface area contributed by atoms with Gasteiger partial charge in [0.2, 0.25) is 10.0 Å². The molecule has 19 heavy (non-hydrogen) atoms. The van der Waals surface area contributed by atoms with E-state index in [0.717, 1.165) is 5.69 Å². The van der Waals surface area contributed by atoms with Crippen LogP contribution in [0.1, 0.15) is 11.5 Å². The Hall–Kier alpha value is -2.06. The van der Waals surface area contributed by atoms with E-state index in [-0.39, 0.29) is 10.6 Å². The minimum atomic E-state index is -3.80. The summed E-state index contributed by atoms with van der Waals surface area (Å²) in [5.74, 6) is 0.673. The van der Waals surface area contributed by atoms with Crippen LogP contribution in [0.25, 0.3) is 0 Å². The molecule has 0 radical (unpaired) electrons. The molecule has 1 heterocycles. The van der Waals surface area contributed by atoms with E-state index in [4.69, 9.17) is 15.4 Å². The van der Waals surface area contributed by atoms with Crippen LogP contribution < -0.4 is 16.2 Å². The predicted molar refractivity (Wildman–Crippen MR) is 70.8 cm³/mol. The summed E-state index contributed by atoms with van der Waals surface area (Å²) in [6, 6.07) is 6.25. The molecule has 7 nitrogen and oxygen atoms in total. The van der Waals surface area contributed by atoms with Crippen LogP contribution in [0.3, 0.4) is 0 Å². The predicted octanol–water partition coefficient (Wildman–Crippen LogP) is 0.825. The van der Waals surface area contributed by atoms with Gasteiger partial charge in [0, 0.05) is 11.8 Å². The minimum Gasteiger partial charge on any atom is -0.398 e. The number of anilines is 2. The molecule has 0 fully saturated rings. The highest BCUT2D eigenvalue weighted by Gasteiger charge is 2.12. The number of aryl methyl sites for hydroxylation is 1. The maximum Gasteiger partial charge on any atom is 0.240 e. The largest absolute Gasteiger partial charge is 0.398 e. The Balaban J connectivity index is 2.12. The fraction of sp³-hybridized carbons (Fsp3) is 0.182. The van der Waals surface area contributed by atoms with Gasteiger partial charge in [0.15, 0.2) is 5.76 Å². The van der Waals surface area contributed by atoms with E-state index < -0.39 is 10.0 Å². The molecule has 0 spiro atoms. The van der Waals surface area contributed by atoms with Crippen LogP contribution in [-0.2, 0) is 16.6 Å². The van der Waals surface area contributed by atoms with Crippen LogP contribution in [0, 0.1) is 6.92 Å². The van der Waals surface area contributed by atoms with E-state index in [1.807, 2.05) is 6.92 Å². The Morgan fingerprint density at radius 2 is 2.11 bits per heavy atom. The zero-order valence-electron chi connectivity index (χ0n) is 10.3. The molecule has 0 amide bonds. The zero-order valence-corrected chi connectivity index (χ0v) is 11.1. The van der Waals surface area contributed by atoms with E-state index in [9.17, 15) is 8.42 Å². The monoisotopic (exact) mass is 282 g/mol. The van der Waals surface area contributed by atoms with Gasteiger partial charge in [0.1, 0.15) is 4.90 Å². The average Bonchev–Trinajstić information content (AvgIpc) is 2.71. The lowest BCUT2D eigenvalue weighted by Crippen LogP contribution is -2.14. The molecule has 0 atom stereocenters. The summed E-state index contributed by atoms with van der Waals surface area (Å²) < 4.78 is 27.4. The van der Waals surface area contributed by atoms with Crippen LogP contribution in [0.5, 0.6) is 0 Å². The summed E-state index contributed by atoms with van der Waals surface area (Å²) in [5.41, 5.74) is 7.20. The zero-order chi connectivity index (χ0) is 14.0. The third kappa shape index (κ3) is 3.24. The lowest BCUT2D eigenvalue weighted by Gasteiger charge is -2.08. The minimum absolute atomic E-state index is 0.0893. The standard InChI is InChI=1S/C11H14N4O3S/c1-7-4-9(18-15-7)6-14-8-2-3-11(10(12)5-8)19(13,16)17/h2-5,14H,6,12H2,1H3,(H2,13,16,17). The molecule has 2 aromatic rings.